The second-order valence-corrected chi connectivity index (χ2v) is 6.28. The topological polar surface area (TPSA) is 93.5 Å². The van der Waals surface area contributed by atoms with Gasteiger partial charge in [-0.2, -0.15) is 0 Å². The van der Waals surface area contributed by atoms with E-state index >= 15 is 0 Å². The third kappa shape index (κ3) is 8.41. The molecule has 0 aliphatic heterocycles. The number of carbonyl (C=O) groups excluding carboxylic acids is 2. The molecule has 0 bridgehead atoms. The molecule has 2 amide bonds. The van der Waals surface area contributed by atoms with Gasteiger partial charge in [-0.25, -0.2) is 0 Å². The van der Waals surface area contributed by atoms with Crippen molar-refractivity contribution in [2.45, 2.75) is 32.7 Å². The molecule has 7 heteroatoms. The number of aryl methyl sites for hydroxylation is 1. The average Bonchev–Trinajstić information content (AvgIpc) is 2.66. The van der Waals surface area contributed by atoms with Crippen LogP contribution in [0.15, 0.2) is 48.5 Å². The van der Waals surface area contributed by atoms with Gasteiger partial charge < -0.3 is 21.1 Å². The van der Waals surface area contributed by atoms with Crippen molar-refractivity contribution in [3.05, 3.63) is 59.7 Å². The number of para-hydroxylation sites is 1. The van der Waals surface area contributed by atoms with E-state index in [0.717, 1.165) is 22.6 Å². The van der Waals surface area contributed by atoms with Crippen molar-refractivity contribution < 1.29 is 14.3 Å². The summed E-state index contributed by atoms with van der Waals surface area (Å²) in [5, 5.41) is 5.66. The van der Waals surface area contributed by atoms with Crippen LogP contribution in [0.25, 0.3) is 0 Å². The molecular formula is C21H28ClN3O3. The van der Waals surface area contributed by atoms with Crippen LogP contribution in [-0.4, -0.2) is 25.0 Å². The van der Waals surface area contributed by atoms with Gasteiger partial charge in [-0.1, -0.05) is 30.3 Å². The monoisotopic (exact) mass is 405 g/mol. The molecule has 0 saturated heterocycles. The molecule has 0 atom stereocenters. The minimum Gasteiger partial charge on any atom is -0.493 e. The molecule has 0 radical (unpaired) electrons. The fourth-order valence-electron chi connectivity index (χ4n) is 2.48. The first-order valence-electron chi connectivity index (χ1n) is 9.12. The van der Waals surface area contributed by atoms with Gasteiger partial charge in [0.25, 0.3) is 0 Å². The van der Waals surface area contributed by atoms with E-state index in [9.17, 15) is 9.59 Å². The molecule has 6 nitrogen and oxygen atoms in total. The van der Waals surface area contributed by atoms with Crippen molar-refractivity contribution in [2.24, 2.45) is 5.73 Å². The summed E-state index contributed by atoms with van der Waals surface area (Å²) < 4.78 is 5.69. The largest absolute Gasteiger partial charge is 0.493 e. The number of ether oxygens (including phenoxy) is 1. The number of hydrogen-bond acceptors (Lipinski definition) is 4. The van der Waals surface area contributed by atoms with Gasteiger partial charge in [0.15, 0.2) is 0 Å². The van der Waals surface area contributed by atoms with Crippen molar-refractivity contribution in [1.29, 1.82) is 0 Å². The van der Waals surface area contributed by atoms with Crippen LogP contribution >= 0.6 is 12.4 Å². The summed E-state index contributed by atoms with van der Waals surface area (Å²) in [6, 6.07) is 15.2. The molecule has 0 saturated carbocycles. The molecule has 2 rings (SSSR count). The van der Waals surface area contributed by atoms with Gasteiger partial charge in [0.1, 0.15) is 5.75 Å². The third-order valence-corrected chi connectivity index (χ3v) is 4.00. The Morgan fingerprint density at radius 3 is 2.39 bits per heavy atom. The van der Waals surface area contributed by atoms with Gasteiger partial charge in [-0.05, 0) is 42.7 Å². The maximum Gasteiger partial charge on any atom is 0.224 e. The standard InChI is InChI=1S/C21H27N3O3.ClH/c1-16-5-2-3-6-19(16)27-14-4-7-21(26)24-18-10-8-17(9-11-18)15-23-20(25)12-13-22;/h2-3,5-6,8-11H,4,7,12-15,22H2,1H3,(H,23,25)(H,24,26);1H. The predicted octanol–water partition coefficient (Wildman–Crippen LogP) is 3.18. The molecule has 0 aliphatic rings. The van der Waals surface area contributed by atoms with Crippen LogP contribution in [0, 0.1) is 6.92 Å². The van der Waals surface area contributed by atoms with E-state index in [2.05, 4.69) is 10.6 Å². The normalized spacial score (nSPS) is 9.93. The van der Waals surface area contributed by atoms with Crippen LogP contribution in [0.4, 0.5) is 5.69 Å². The fourth-order valence-corrected chi connectivity index (χ4v) is 2.48. The average molecular weight is 406 g/mol. The molecule has 2 aromatic carbocycles. The highest BCUT2D eigenvalue weighted by Crippen LogP contribution is 2.16. The highest BCUT2D eigenvalue weighted by Gasteiger charge is 2.04. The van der Waals surface area contributed by atoms with Gasteiger partial charge in [0.05, 0.1) is 6.61 Å². The molecule has 28 heavy (non-hydrogen) atoms. The second kappa shape index (κ2) is 12.8. The lowest BCUT2D eigenvalue weighted by molar-refractivity contribution is -0.121. The van der Waals surface area contributed by atoms with Crippen molar-refractivity contribution >= 4 is 29.9 Å². The van der Waals surface area contributed by atoms with Gasteiger partial charge >= 0.3 is 0 Å². The van der Waals surface area contributed by atoms with Crippen molar-refractivity contribution in [3.63, 3.8) is 0 Å². The number of nitrogens with one attached hydrogen (secondary N) is 2. The molecule has 152 valence electrons. The highest BCUT2D eigenvalue weighted by atomic mass is 35.5. The zero-order valence-electron chi connectivity index (χ0n) is 16.1. The Bertz CT molecular complexity index is 751. The van der Waals surface area contributed by atoms with Crippen molar-refractivity contribution in [2.75, 3.05) is 18.5 Å². The molecule has 4 N–H and O–H groups in total. The summed E-state index contributed by atoms with van der Waals surface area (Å²) in [5.74, 6) is 0.738. The molecule has 0 spiro atoms. The van der Waals surface area contributed by atoms with Crippen LogP contribution in [0.3, 0.4) is 0 Å². The summed E-state index contributed by atoms with van der Waals surface area (Å²) in [6.45, 7) is 3.28. The van der Waals surface area contributed by atoms with E-state index in [4.69, 9.17) is 10.5 Å². The molecule has 0 unspecified atom stereocenters. The molecule has 0 heterocycles. The number of halogens is 1. The van der Waals surface area contributed by atoms with Gasteiger partial charge in [0.2, 0.25) is 11.8 Å². The Labute approximate surface area is 172 Å². The number of carbonyl (C=O) groups is 2. The summed E-state index contributed by atoms with van der Waals surface area (Å²) in [5.41, 5.74) is 8.12. The summed E-state index contributed by atoms with van der Waals surface area (Å²) in [6.07, 6.45) is 1.36. The zero-order valence-corrected chi connectivity index (χ0v) is 16.9. The number of anilines is 1. The van der Waals surface area contributed by atoms with Gasteiger partial charge in [0, 0.05) is 31.6 Å². The fraction of sp³-hybridized carbons (Fsp3) is 0.333. The van der Waals surface area contributed by atoms with Crippen LogP contribution in [0.2, 0.25) is 0 Å². The molecule has 0 fully saturated rings. The summed E-state index contributed by atoms with van der Waals surface area (Å²) >= 11 is 0. The summed E-state index contributed by atoms with van der Waals surface area (Å²) in [7, 11) is 0. The number of nitrogens with two attached hydrogens (primary N) is 1. The van der Waals surface area contributed by atoms with Crippen molar-refractivity contribution in [3.8, 4) is 5.75 Å². The molecule has 0 aliphatic carbocycles. The third-order valence-electron chi connectivity index (χ3n) is 4.00. The highest BCUT2D eigenvalue weighted by molar-refractivity contribution is 5.90. The number of rotatable bonds is 10. The van der Waals surface area contributed by atoms with Crippen molar-refractivity contribution in [1.82, 2.24) is 5.32 Å². The molecule has 2 aromatic rings. The van der Waals surface area contributed by atoms with Crippen LogP contribution in [0.5, 0.6) is 5.75 Å². The minimum atomic E-state index is -0.0669. The van der Waals surface area contributed by atoms with Gasteiger partial charge in [-0.3, -0.25) is 9.59 Å². The number of hydrogen-bond donors (Lipinski definition) is 3. The minimum absolute atomic E-state index is 0. The number of amides is 2. The van der Waals surface area contributed by atoms with E-state index < -0.39 is 0 Å². The summed E-state index contributed by atoms with van der Waals surface area (Å²) in [4.78, 5) is 23.4. The Morgan fingerprint density at radius 2 is 1.71 bits per heavy atom. The lowest BCUT2D eigenvalue weighted by atomic mass is 10.2. The Kier molecular flexibility index (Phi) is 10.7. The van der Waals surface area contributed by atoms with E-state index in [1.165, 1.54) is 0 Å². The van der Waals surface area contributed by atoms with E-state index in [0.29, 0.717) is 39.0 Å². The van der Waals surface area contributed by atoms with Crippen LogP contribution in [0.1, 0.15) is 30.4 Å². The van der Waals surface area contributed by atoms with Crippen LogP contribution < -0.4 is 21.1 Å². The first-order valence-corrected chi connectivity index (χ1v) is 9.12. The first kappa shape index (κ1) is 23.5. The van der Waals surface area contributed by atoms with E-state index in [-0.39, 0.29) is 24.2 Å². The molecular weight excluding hydrogens is 378 g/mol. The molecule has 0 aromatic heterocycles. The maximum absolute atomic E-state index is 12.0. The zero-order chi connectivity index (χ0) is 19.5. The van der Waals surface area contributed by atoms with E-state index in [1.807, 2.05) is 55.5 Å². The Hall–Kier alpha value is -2.57. The first-order chi connectivity index (χ1) is 13.1. The van der Waals surface area contributed by atoms with Crippen LogP contribution in [-0.2, 0) is 16.1 Å². The maximum atomic E-state index is 12.0. The smallest absolute Gasteiger partial charge is 0.224 e. The van der Waals surface area contributed by atoms with Gasteiger partial charge in [-0.15, -0.1) is 12.4 Å². The lowest BCUT2D eigenvalue weighted by Crippen LogP contribution is -2.24. The SMILES string of the molecule is Cc1ccccc1OCCCC(=O)Nc1ccc(CNC(=O)CCN)cc1.Cl. The Balaban J connectivity index is 0.00000392. The van der Waals surface area contributed by atoms with E-state index in [1.54, 1.807) is 0 Å². The number of benzene rings is 2. The Morgan fingerprint density at radius 1 is 1.00 bits per heavy atom. The second-order valence-electron chi connectivity index (χ2n) is 6.28. The predicted molar refractivity (Wildman–Crippen MR) is 114 cm³/mol. The quantitative estimate of drug-likeness (QED) is 0.529. The lowest BCUT2D eigenvalue weighted by Gasteiger charge is -2.09.